The molecule has 0 radical (unpaired) electrons. The highest BCUT2D eigenvalue weighted by molar-refractivity contribution is 5.85. The van der Waals surface area contributed by atoms with Gasteiger partial charge in [-0.3, -0.25) is 0 Å². The molecule has 0 aliphatic rings. The van der Waals surface area contributed by atoms with Crippen molar-refractivity contribution in [2.45, 2.75) is 26.3 Å². The van der Waals surface area contributed by atoms with Gasteiger partial charge in [0, 0.05) is 17.7 Å². The number of nitrogens with two attached hydrogens (primary N) is 1. The SMILES string of the molecule is CCC(C)[C@H](N)c1cc(F)c(F)cc1F.Cl. The third kappa shape index (κ3) is 3.12. The zero-order chi connectivity index (χ0) is 11.6. The molecular formula is C11H15ClF3N. The number of rotatable bonds is 3. The smallest absolute Gasteiger partial charge is 0.161 e. The van der Waals surface area contributed by atoms with Crippen molar-refractivity contribution < 1.29 is 13.2 Å². The summed E-state index contributed by atoms with van der Waals surface area (Å²) in [5.41, 5.74) is 5.77. The summed E-state index contributed by atoms with van der Waals surface area (Å²) in [6.07, 6.45) is 0.750. The van der Waals surface area contributed by atoms with Crippen LogP contribution in [0.4, 0.5) is 13.2 Å². The first kappa shape index (κ1) is 15.3. The van der Waals surface area contributed by atoms with E-state index in [9.17, 15) is 13.2 Å². The summed E-state index contributed by atoms with van der Waals surface area (Å²) in [6, 6.07) is 0.763. The van der Waals surface area contributed by atoms with Gasteiger partial charge in [0.15, 0.2) is 11.6 Å². The van der Waals surface area contributed by atoms with Gasteiger partial charge in [-0.05, 0) is 12.0 Å². The fourth-order valence-electron chi connectivity index (χ4n) is 1.35. The predicted octanol–water partition coefficient (Wildman–Crippen LogP) is 3.57. The molecule has 0 bridgehead atoms. The Balaban J connectivity index is 0.00000225. The van der Waals surface area contributed by atoms with Crippen LogP contribution in [0.15, 0.2) is 12.1 Å². The normalized spacial score (nSPS) is 14.1. The molecule has 0 spiro atoms. The van der Waals surface area contributed by atoms with Crippen LogP contribution in [0.2, 0.25) is 0 Å². The molecule has 0 aromatic heterocycles. The van der Waals surface area contributed by atoms with Gasteiger partial charge in [-0.2, -0.15) is 0 Å². The number of hydrogen-bond donors (Lipinski definition) is 1. The molecule has 0 saturated heterocycles. The standard InChI is InChI=1S/C11H14F3N.ClH/c1-3-6(2)11(15)7-4-9(13)10(14)5-8(7)12;/h4-6,11H,3,15H2,1-2H3;1H/t6?,11-;/m0./s1. The summed E-state index contributed by atoms with van der Waals surface area (Å²) >= 11 is 0. The Bertz CT molecular complexity index is 357. The summed E-state index contributed by atoms with van der Waals surface area (Å²) in [5, 5.41) is 0. The molecule has 1 nitrogen and oxygen atoms in total. The fraction of sp³-hybridized carbons (Fsp3) is 0.455. The van der Waals surface area contributed by atoms with E-state index in [0.29, 0.717) is 6.07 Å². The largest absolute Gasteiger partial charge is 0.324 e. The molecule has 1 unspecified atom stereocenters. The number of benzene rings is 1. The van der Waals surface area contributed by atoms with E-state index in [-0.39, 0.29) is 23.9 Å². The van der Waals surface area contributed by atoms with Gasteiger partial charge in [0.1, 0.15) is 5.82 Å². The van der Waals surface area contributed by atoms with Crippen molar-refractivity contribution in [2.24, 2.45) is 11.7 Å². The van der Waals surface area contributed by atoms with Crippen LogP contribution >= 0.6 is 12.4 Å². The Hall–Kier alpha value is -0.740. The van der Waals surface area contributed by atoms with Crippen molar-refractivity contribution in [2.75, 3.05) is 0 Å². The van der Waals surface area contributed by atoms with E-state index in [1.165, 1.54) is 0 Å². The van der Waals surface area contributed by atoms with Crippen molar-refractivity contribution in [1.29, 1.82) is 0 Å². The van der Waals surface area contributed by atoms with Gasteiger partial charge in [-0.25, -0.2) is 13.2 Å². The lowest BCUT2D eigenvalue weighted by atomic mass is 9.93. The molecule has 0 saturated carbocycles. The summed E-state index contributed by atoms with van der Waals surface area (Å²) in [4.78, 5) is 0. The quantitative estimate of drug-likeness (QED) is 0.819. The third-order valence-electron chi connectivity index (χ3n) is 2.66. The molecule has 0 amide bonds. The van der Waals surface area contributed by atoms with Crippen LogP contribution < -0.4 is 5.73 Å². The minimum atomic E-state index is -1.19. The molecule has 0 aliphatic carbocycles. The lowest BCUT2D eigenvalue weighted by molar-refractivity contribution is 0.427. The molecule has 1 aromatic rings. The minimum absolute atomic E-state index is 0. The van der Waals surface area contributed by atoms with E-state index in [4.69, 9.17) is 5.73 Å². The van der Waals surface area contributed by atoms with Crippen molar-refractivity contribution in [3.05, 3.63) is 35.1 Å². The average molecular weight is 254 g/mol. The summed E-state index contributed by atoms with van der Waals surface area (Å²) < 4.78 is 38.8. The van der Waals surface area contributed by atoms with Gasteiger partial charge < -0.3 is 5.73 Å². The molecule has 16 heavy (non-hydrogen) atoms. The summed E-state index contributed by atoms with van der Waals surface area (Å²) in [6.45, 7) is 3.74. The minimum Gasteiger partial charge on any atom is -0.324 e. The molecular weight excluding hydrogens is 239 g/mol. The molecule has 1 rings (SSSR count). The molecule has 1 aromatic carbocycles. The number of halogens is 4. The van der Waals surface area contributed by atoms with E-state index < -0.39 is 23.5 Å². The second-order valence-electron chi connectivity index (χ2n) is 3.70. The maximum Gasteiger partial charge on any atom is 0.161 e. The summed E-state index contributed by atoms with van der Waals surface area (Å²) in [7, 11) is 0. The Labute approximate surface area is 99.2 Å². The van der Waals surface area contributed by atoms with E-state index in [2.05, 4.69) is 0 Å². The van der Waals surface area contributed by atoms with E-state index in [0.717, 1.165) is 12.5 Å². The van der Waals surface area contributed by atoms with Crippen LogP contribution in [0.3, 0.4) is 0 Å². The van der Waals surface area contributed by atoms with Crippen molar-refractivity contribution in [3.8, 4) is 0 Å². The Kier molecular flexibility index (Phi) is 5.83. The summed E-state index contributed by atoms with van der Waals surface area (Å²) in [5.74, 6) is -3.02. The van der Waals surface area contributed by atoms with Crippen LogP contribution in [0, 0.1) is 23.4 Å². The second kappa shape index (κ2) is 6.11. The zero-order valence-electron chi connectivity index (χ0n) is 9.14. The van der Waals surface area contributed by atoms with Crippen LogP contribution in [0.25, 0.3) is 0 Å². The lowest BCUT2D eigenvalue weighted by Crippen LogP contribution is -2.20. The monoisotopic (exact) mass is 253 g/mol. The van der Waals surface area contributed by atoms with Gasteiger partial charge in [-0.15, -0.1) is 12.4 Å². The maximum absolute atomic E-state index is 13.3. The van der Waals surface area contributed by atoms with E-state index >= 15 is 0 Å². The van der Waals surface area contributed by atoms with Crippen molar-refractivity contribution in [3.63, 3.8) is 0 Å². The highest BCUT2D eigenvalue weighted by Gasteiger charge is 2.19. The molecule has 0 aliphatic heterocycles. The highest BCUT2D eigenvalue weighted by Crippen LogP contribution is 2.25. The molecule has 92 valence electrons. The number of hydrogen-bond acceptors (Lipinski definition) is 1. The first-order chi connectivity index (χ1) is 6.97. The highest BCUT2D eigenvalue weighted by atomic mass is 35.5. The van der Waals surface area contributed by atoms with Gasteiger partial charge in [0.2, 0.25) is 0 Å². The molecule has 2 atom stereocenters. The molecule has 0 fully saturated rings. The van der Waals surface area contributed by atoms with Gasteiger partial charge in [-0.1, -0.05) is 20.3 Å². The van der Waals surface area contributed by atoms with Crippen molar-refractivity contribution >= 4 is 12.4 Å². The first-order valence-corrected chi connectivity index (χ1v) is 4.87. The van der Waals surface area contributed by atoms with E-state index in [1.807, 2.05) is 13.8 Å². The van der Waals surface area contributed by atoms with Crippen LogP contribution in [0.5, 0.6) is 0 Å². The van der Waals surface area contributed by atoms with E-state index in [1.54, 1.807) is 0 Å². The Morgan fingerprint density at radius 3 is 2.12 bits per heavy atom. The Morgan fingerprint density at radius 1 is 1.12 bits per heavy atom. The van der Waals surface area contributed by atoms with Crippen LogP contribution in [-0.2, 0) is 0 Å². The fourth-order valence-corrected chi connectivity index (χ4v) is 1.35. The van der Waals surface area contributed by atoms with Gasteiger partial charge in [0.25, 0.3) is 0 Å². The Morgan fingerprint density at radius 2 is 1.62 bits per heavy atom. The first-order valence-electron chi connectivity index (χ1n) is 4.87. The predicted molar refractivity (Wildman–Crippen MR) is 59.9 cm³/mol. The van der Waals surface area contributed by atoms with Gasteiger partial charge >= 0.3 is 0 Å². The van der Waals surface area contributed by atoms with Gasteiger partial charge in [0.05, 0.1) is 0 Å². The van der Waals surface area contributed by atoms with Crippen molar-refractivity contribution in [1.82, 2.24) is 0 Å². The molecule has 2 N–H and O–H groups in total. The van der Waals surface area contributed by atoms with Crippen LogP contribution in [-0.4, -0.2) is 0 Å². The molecule has 0 heterocycles. The average Bonchev–Trinajstić information content (AvgIpc) is 2.21. The topological polar surface area (TPSA) is 26.0 Å². The lowest BCUT2D eigenvalue weighted by Gasteiger charge is -2.19. The second-order valence-corrected chi connectivity index (χ2v) is 3.70. The molecule has 5 heteroatoms. The maximum atomic E-state index is 13.3. The van der Waals surface area contributed by atoms with Crippen LogP contribution in [0.1, 0.15) is 31.9 Å². The third-order valence-corrected chi connectivity index (χ3v) is 2.66. The zero-order valence-corrected chi connectivity index (χ0v) is 9.95.